The summed E-state index contributed by atoms with van der Waals surface area (Å²) in [5, 5.41) is 10.1. The van der Waals surface area contributed by atoms with E-state index in [2.05, 4.69) is 12.6 Å². The molecule has 1 aliphatic heterocycles. The summed E-state index contributed by atoms with van der Waals surface area (Å²) in [6.07, 6.45) is 1.75. The normalized spacial score (nSPS) is 26.5. The topological polar surface area (TPSA) is 49.8 Å². The highest BCUT2D eigenvalue weighted by Crippen LogP contribution is 2.24. The molecular weight excluding hydrogens is 238 g/mol. The van der Waals surface area contributed by atoms with Crippen molar-refractivity contribution < 1.29 is 14.6 Å². The number of likely N-dealkylation sites (tertiary alicyclic amines) is 1. The van der Waals surface area contributed by atoms with E-state index in [1.165, 1.54) is 0 Å². The molecule has 1 unspecified atom stereocenters. The third-order valence-corrected chi connectivity index (χ3v) is 3.45. The van der Waals surface area contributed by atoms with Crippen LogP contribution in [0.25, 0.3) is 0 Å². The molecule has 1 rings (SSSR count). The van der Waals surface area contributed by atoms with Crippen molar-refractivity contribution in [3.05, 3.63) is 0 Å². The highest BCUT2D eigenvalue weighted by Gasteiger charge is 2.31. The fourth-order valence-electron chi connectivity index (χ4n) is 1.85. The molecule has 0 aromatic carbocycles. The SMILES string of the molecule is CC(C)(C)OC(=O)N1CCCC(O)(CS)CC1. The summed E-state index contributed by atoms with van der Waals surface area (Å²) in [5.41, 5.74) is -1.21. The predicted molar refractivity (Wildman–Crippen MR) is 70.5 cm³/mol. The zero-order valence-corrected chi connectivity index (χ0v) is 11.8. The largest absolute Gasteiger partial charge is 0.444 e. The van der Waals surface area contributed by atoms with E-state index in [1.807, 2.05) is 20.8 Å². The van der Waals surface area contributed by atoms with Gasteiger partial charge in [-0.2, -0.15) is 12.6 Å². The molecule has 17 heavy (non-hydrogen) atoms. The lowest BCUT2D eigenvalue weighted by molar-refractivity contribution is 0.0217. The van der Waals surface area contributed by atoms with E-state index in [9.17, 15) is 9.90 Å². The molecule has 0 aliphatic carbocycles. The standard InChI is InChI=1S/C12H23NO3S/c1-11(2,3)16-10(14)13-7-4-5-12(15,9-17)6-8-13/h15,17H,4-9H2,1-3H3. The van der Waals surface area contributed by atoms with Crippen LogP contribution in [0.15, 0.2) is 0 Å². The van der Waals surface area contributed by atoms with Crippen LogP contribution in [-0.2, 0) is 4.74 Å². The number of nitrogens with zero attached hydrogens (tertiary/aromatic N) is 1. The Hall–Kier alpha value is -0.420. The van der Waals surface area contributed by atoms with Gasteiger partial charge in [-0.1, -0.05) is 0 Å². The number of thiol groups is 1. The lowest BCUT2D eigenvalue weighted by atomic mass is 9.97. The van der Waals surface area contributed by atoms with Gasteiger partial charge < -0.3 is 14.7 Å². The Kier molecular flexibility index (Phi) is 4.72. The molecule has 0 spiro atoms. The van der Waals surface area contributed by atoms with Crippen molar-refractivity contribution in [1.82, 2.24) is 4.90 Å². The van der Waals surface area contributed by atoms with E-state index in [0.29, 0.717) is 31.7 Å². The van der Waals surface area contributed by atoms with Gasteiger partial charge in [0.15, 0.2) is 0 Å². The van der Waals surface area contributed by atoms with E-state index in [1.54, 1.807) is 4.90 Å². The molecule has 0 radical (unpaired) electrons. The van der Waals surface area contributed by atoms with Gasteiger partial charge >= 0.3 is 6.09 Å². The van der Waals surface area contributed by atoms with Crippen molar-refractivity contribution in [2.24, 2.45) is 0 Å². The number of carbonyl (C=O) groups is 1. The van der Waals surface area contributed by atoms with E-state index in [0.717, 1.165) is 6.42 Å². The van der Waals surface area contributed by atoms with Gasteiger partial charge in [-0.25, -0.2) is 4.79 Å². The summed E-state index contributed by atoms with van der Waals surface area (Å²) in [7, 11) is 0. The summed E-state index contributed by atoms with van der Waals surface area (Å²) in [6, 6.07) is 0. The number of hydrogen-bond acceptors (Lipinski definition) is 4. The maximum absolute atomic E-state index is 11.9. The smallest absolute Gasteiger partial charge is 0.410 e. The van der Waals surface area contributed by atoms with Gasteiger partial charge in [0.2, 0.25) is 0 Å². The number of ether oxygens (including phenoxy) is 1. The third kappa shape index (κ3) is 4.76. The number of aliphatic hydroxyl groups is 1. The Balaban J connectivity index is 2.54. The number of amides is 1. The maximum atomic E-state index is 11.9. The molecule has 4 nitrogen and oxygen atoms in total. The highest BCUT2D eigenvalue weighted by molar-refractivity contribution is 7.80. The number of rotatable bonds is 1. The van der Waals surface area contributed by atoms with Gasteiger partial charge in [0, 0.05) is 18.8 Å². The summed E-state index contributed by atoms with van der Waals surface area (Å²) in [6.45, 7) is 6.74. The van der Waals surface area contributed by atoms with Crippen LogP contribution in [0.2, 0.25) is 0 Å². The minimum Gasteiger partial charge on any atom is -0.444 e. The van der Waals surface area contributed by atoms with E-state index in [4.69, 9.17) is 4.74 Å². The Morgan fingerprint density at radius 1 is 1.41 bits per heavy atom. The maximum Gasteiger partial charge on any atom is 0.410 e. The van der Waals surface area contributed by atoms with Crippen molar-refractivity contribution in [1.29, 1.82) is 0 Å². The first kappa shape index (κ1) is 14.6. The summed E-state index contributed by atoms with van der Waals surface area (Å²) in [4.78, 5) is 13.5. The minimum atomic E-state index is -0.736. The minimum absolute atomic E-state index is 0.291. The van der Waals surface area contributed by atoms with Gasteiger partial charge in [0.1, 0.15) is 5.60 Å². The summed E-state index contributed by atoms with van der Waals surface area (Å²) in [5.74, 6) is 0.440. The van der Waals surface area contributed by atoms with Crippen molar-refractivity contribution >= 4 is 18.7 Å². The van der Waals surface area contributed by atoms with Crippen LogP contribution in [0.1, 0.15) is 40.0 Å². The molecule has 1 heterocycles. The molecule has 1 fully saturated rings. The molecule has 100 valence electrons. The molecule has 0 saturated carbocycles. The second-order valence-corrected chi connectivity index (χ2v) is 6.02. The molecule has 1 aliphatic rings. The van der Waals surface area contributed by atoms with E-state index < -0.39 is 11.2 Å². The molecule has 1 saturated heterocycles. The van der Waals surface area contributed by atoms with E-state index >= 15 is 0 Å². The molecule has 1 amide bonds. The molecule has 5 heteroatoms. The molecule has 1 N–H and O–H groups in total. The third-order valence-electron chi connectivity index (χ3n) is 2.86. The van der Waals surface area contributed by atoms with Crippen LogP contribution in [0.5, 0.6) is 0 Å². The summed E-state index contributed by atoms with van der Waals surface area (Å²) < 4.78 is 5.32. The molecule has 0 bridgehead atoms. The van der Waals surface area contributed by atoms with Crippen LogP contribution >= 0.6 is 12.6 Å². The van der Waals surface area contributed by atoms with Crippen molar-refractivity contribution in [2.45, 2.75) is 51.2 Å². The van der Waals surface area contributed by atoms with Crippen molar-refractivity contribution in [3.63, 3.8) is 0 Å². The van der Waals surface area contributed by atoms with Gasteiger partial charge in [0.25, 0.3) is 0 Å². The van der Waals surface area contributed by atoms with Gasteiger partial charge in [-0.05, 0) is 40.0 Å². The zero-order valence-electron chi connectivity index (χ0n) is 10.9. The first-order valence-corrected chi connectivity index (χ1v) is 6.70. The van der Waals surface area contributed by atoms with Crippen LogP contribution in [-0.4, -0.2) is 46.1 Å². The van der Waals surface area contributed by atoms with Crippen LogP contribution < -0.4 is 0 Å². The second-order valence-electron chi connectivity index (χ2n) is 5.70. The average Bonchev–Trinajstić information content (AvgIpc) is 2.39. The van der Waals surface area contributed by atoms with Crippen molar-refractivity contribution in [2.75, 3.05) is 18.8 Å². The Morgan fingerprint density at radius 2 is 2.06 bits per heavy atom. The first-order valence-electron chi connectivity index (χ1n) is 6.07. The van der Waals surface area contributed by atoms with Gasteiger partial charge in [-0.3, -0.25) is 0 Å². The van der Waals surface area contributed by atoms with E-state index in [-0.39, 0.29) is 6.09 Å². The van der Waals surface area contributed by atoms with Gasteiger partial charge in [0.05, 0.1) is 5.60 Å². The Labute approximate surface area is 109 Å². The monoisotopic (exact) mass is 261 g/mol. The number of hydrogen-bond donors (Lipinski definition) is 2. The van der Waals surface area contributed by atoms with Crippen LogP contribution in [0, 0.1) is 0 Å². The summed E-state index contributed by atoms with van der Waals surface area (Å²) >= 11 is 4.16. The predicted octanol–water partition coefficient (Wildman–Crippen LogP) is 2.07. The lowest BCUT2D eigenvalue weighted by Gasteiger charge is -2.27. The molecule has 1 atom stereocenters. The molecular formula is C12H23NO3S. The quantitative estimate of drug-likeness (QED) is 0.710. The average molecular weight is 261 g/mol. The fourth-order valence-corrected chi connectivity index (χ4v) is 2.16. The Morgan fingerprint density at radius 3 is 2.59 bits per heavy atom. The molecule has 0 aromatic heterocycles. The Bertz CT molecular complexity index is 277. The second kappa shape index (κ2) is 5.48. The van der Waals surface area contributed by atoms with Gasteiger partial charge in [-0.15, -0.1) is 0 Å². The zero-order chi connectivity index (χ0) is 13.1. The fraction of sp³-hybridized carbons (Fsp3) is 0.917. The van der Waals surface area contributed by atoms with Crippen molar-refractivity contribution in [3.8, 4) is 0 Å². The first-order chi connectivity index (χ1) is 7.76. The lowest BCUT2D eigenvalue weighted by Crippen LogP contribution is -2.38. The van der Waals surface area contributed by atoms with Crippen LogP contribution in [0.4, 0.5) is 4.79 Å². The van der Waals surface area contributed by atoms with Crippen LogP contribution in [0.3, 0.4) is 0 Å². The molecule has 0 aromatic rings. The highest BCUT2D eigenvalue weighted by atomic mass is 32.1. The number of carbonyl (C=O) groups excluding carboxylic acids is 1.